The molecule has 1 aliphatic heterocycles. The van der Waals surface area contributed by atoms with E-state index in [9.17, 15) is 0 Å². The lowest BCUT2D eigenvalue weighted by Gasteiger charge is -2.19. The van der Waals surface area contributed by atoms with Crippen LogP contribution in [0.25, 0.3) is 0 Å². The highest BCUT2D eigenvalue weighted by molar-refractivity contribution is 5.46. The molecule has 2 N–H and O–H groups in total. The highest BCUT2D eigenvalue weighted by Gasteiger charge is 2.16. The Hall–Kier alpha value is -1.88. The number of benzene rings is 1. The summed E-state index contributed by atoms with van der Waals surface area (Å²) in [6, 6.07) is 9.68. The highest BCUT2D eigenvalue weighted by atomic mass is 15.3. The van der Waals surface area contributed by atoms with E-state index < -0.39 is 0 Å². The summed E-state index contributed by atoms with van der Waals surface area (Å²) in [5.74, 6) is 0. The lowest BCUT2D eigenvalue weighted by atomic mass is 10.1. The van der Waals surface area contributed by atoms with Crippen LogP contribution in [0, 0.1) is 0 Å². The van der Waals surface area contributed by atoms with Crippen LogP contribution in [-0.4, -0.2) is 33.4 Å². The summed E-state index contributed by atoms with van der Waals surface area (Å²) in [5, 5.41) is 11.3. The Balaban J connectivity index is 1.57. The maximum absolute atomic E-state index is 4.15. The van der Waals surface area contributed by atoms with E-state index in [1.807, 2.05) is 4.68 Å². The minimum Gasteiger partial charge on any atom is -0.383 e. The second-order valence-corrected chi connectivity index (χ2v) is 5.87. The van der Waals surface area contributed by atoms with Crippen LogP contribution >= 0.6 is 0 Å². The molecule has 2 unspecified atom stereocenters. The topological polar surface area (TPSA) is 54.8 Å². The molecular weight excluding hydrogens is 262 g/mol. The summed E-state index contributed by atoms with van der Waals surface area (Å²) in [4.78, 5) is 3.98. The van der Waals surface area contributed by atoms with Gasteiger partial charge < -0.3 is 10.6 Å². The van der Waals surface area contributed by atoms with Crippen molar-refractivity contribution < 1.29 is 0 Å². The van der Waals surface area contributed by atoms with Gasteiger partial charge in [0.15, 0.2) is 0 Å². The average Bonchev–Trinajstić information content (AvgIpc) is 3.12. The van der Waals surface area contributed by atoms with E-state index in [1.54, 1.807) is 12.7 Å². The van der Waals surface area contributed by atoms with Gasteiger partial charge in [0, 0.05) is 17.8 Å². The van der Waals surface area contributed by atoms with Gasteiger partial charge in [-0.1, -0.05) is 12.1 Å². The molecule has 0 spiro atoms. The molecule has 1 fully saturated rings. The summed E-state index contributed by atoms with van der Waals surface area (Å²) in [5.41, 5.74) is 2.41. The predicted molar refractivity (Wildman–Crippen MR) is 84.3 cm³/mol. The van der Waals surface area contributed by atoms with Crippen molar-refractivity contribution in [2.45, 2.75) is 44.8 Å². The summed E-state index contributed by atoms with van der Waals surface area (Å²) < 4.78 is 1.84. The molecule has 2 heterocycles. The first-order chi connectivity index (χ1) is 10.3. The lowest BCUT2D eigenvalue weighted by molar-refractivity contribution is 0.523. The zero-order valence-corrected chi connectivity index (χ0v) is 12.5. The summed E-state index contributed by atoms with van der Waals surface area (Å²) >= 11 is 0. The number of aromatic nitrogens is 3. The van der Waals surface area contributed by atoms with E-state index in [0.29, 0.717) is 12.1 Å². The molecular formula is C16H23N5. The SMILES string of the molecule is CC(CC1CCCN1)Nc1cccc(Cn2cncn2)c1. The Bertz CT molecular complexity index is 546. The fourth-order valence-electron chi connectivity index (χ4n) is 2.99. The van der Waals surface area contributed by atoms with E-state index in [0.717, 1.165) is 6.54 Å². The van der Waals surface area contributed by atoms with Crippen LogP contribution in [-0.2, 0) is 6.54 Å². The molecule has 0 radical (unpaired) electrons. The molecule has 5 heteroatoms. The number of anilines is 1. The molecule has 5 nitrogen and oxygen atoms in total. The fourth-order valence-corrected chi connectivity index (χ4v) is 2.99. The molecule has 0 saturated carbocycles. The molecule has 0 bridgehead atoms. The Morgan fingerprint density at radius 3 is 3.19 bits per heavy atom. The molecule has 2 atom stereocenters. The van der Waals surface area contributed by atoms with Gasteiger partial charge >= 0.3 is 0 Å². The van der Waals surface area contributed by atoms with Gasteiger partial charge in [-0.15, -0.1) is 0 Å². The predicted octanol–water partition coefficient (Wildman–Crippen LogP) is 2.27. The van der Waals surface area contributed by atoms with Crippen molar-refractivity contribution in [3.05, 3.63) is 42.5 Å². The van der Waals surface area contributed by atoms with Gasteiger partial charge in [0.1, 0.15) is 12.7 Å². The normalized spacial score (nSPS) is 19.6. The van der Waals surface area contributed by atoms with Gasteiger partial charge in [0.2, 0.25) is 0 Å². The van der Waals surface area contributed by atoms with Crippen molar-refractivity contribution in [2.75, 3.05) is 11.9 Å². The Kier molecular flexibility index (Phi) is 4.50. The third-order valence-electron chi connectivity index (χ3n) is 3.95. The quantitative estimate of drug-likeness (QED) is 0.855. The second-order valence-electron chi connectivity index (χ2n) is 5.87. The summed E-state index contributed by atoms with van der Waals surface area (Å²) in [6.45, 7) is 4.18. The molecule has 1 aromatic carbocycles. The molecule has 112 valence electrons. The Morgan fingerprint density at radius 1 is 1.48 bits per heavy atom. The first-order valence-electron chi connectivity index (χ1n) is 7.71. The zero-order chi connectivity index (χ0) is 14.5. The third-order valence-corrected chi connectivity index (χ3v) is 3.95. The maximum atomic E-state index is 4.15. The van der Waals surface area contributed by atoms with Crippen LogP contribution in [0.5, 0.6) is 0 Å². The largest absolute Gasteiger partial charge is 0.383 e. The molecule has 1 aromatic heterocycles. The van der Waals surface area contributed by atoms with Crippen LogP contribution in [0.3, 0.4) is 0 Å². The standard InChI is InChI=1S/C16H23N5/c1-13(8-15-6-3-7-18-15)20-16-5-2-4-14(9-16)10-21-12-17-11-19-21/h2,4-5,9,11-13,15,18,20H,3,6-8,10H2,1H3. The van der Waals surface area contributed by atoms with Crippen molar-refractivity contribution in [1.82, 2.24) is 20.1 Å². The molecule has 0 aliphatic carbocycles. The number of nitrogens with zero attached hydrogens (tertiary/aromatic N) is 3. The smallest absolute Gasteiger partial charge is 0.137 e. The van der Waals surface area contributed by atoms with E-state index in [2.05, 4.69) is 51.9 Å². The van der Waals surface area contributed by atoms with Gasteiger partial charge in [-0.25, -0.2) is 9.67 Å². The minimum atomic E-state index is 0.474. The van der Waals surface area contributed by atoms with Gasteiger partial charge in [0.05, 0.1) is 6.54 Å². The molecule has 3 rings (SSSR count). The zero-order valence-electron chi connectivity index (χ0n) is 12.5. The highest BCUT2D eigenvalue weighted by Crippen LogP contribution is 2.16. The number of rotatable bonds is 6. The van der Waals surface area contributed by atoms with Crippen molar-refractivity contribution in [3.8, 4) is 0 Å². The van der Waals surface area contributed by atoms with E-state index in [-0.39, 0.29) is 0 Å². The van der Waals surface area contributed by atoms with Gasteiger partial charge in [-0.05, 0) is 50.4 Å². The Morgan fingerprint density at radius 2 is 2.43 bits per heavy atom. The Labute approximate surface area is 125 Å². The molecule has 2 aromatic rings. The van der Waals surface area contributed by atoms with Crippen LogP contribution in [0.4, 0.5) is 5.69 Å². The maximum Gasteiger partial charge on any atom is 0.137 e. The average molecular weight is 285 g/mol. The van der Waals surface area contributed by atoms with Gasteiger partial charge in [-0.3, -0.25) is 0 Å². The van der Waals surface area contributed by atoms with Gasteiger partial charge in [0.25, 0.3) is 0 Å². The summed E-state index contributed by atoms with van der Waals surface area (Å²) in [7, 11) is 0. The van der Waals surface area contributed by atoms with E-state index >= 15 is 0 Å². The van der Waals surface area contributed by atoms with Crippen molar-refractivity contribution in [1.29, 1.82) is 0 Å². The first kappa shape index (κ1) is 14.1. The molecule has 1 saturated heterocycles. The van der Waals surface area contributed by atoms with Crippen LogP contribution in [0.1, 0.15) is 31.7 Å². The third kappa shape index (κ3) is 4.04. The number of nitrogens with one attached hydrogen (secondary N) is 2. The van der Waals surface area contributed by atoms with Crippen LogP contribution in [0.2, 0.25) is 0 Å². The minimum absolute atomic E-state index is 0.474. The fraction of sp³-hybridized carbons (Fsp3) is 0.500. The summed E-state index contributed by atoms with van der Waals surface area (Å²) in [6.07, 6.45) is 7.10. The van der Waals surface area contributed by atoms with Gasteiger partial charge in [-0.2, -0.15) is 5.10 Å². The molecule has 0 amide bonds. The second kappa shape index (κ2) is 6.72. The lowest BCUT2D eigenvalue weighted by Crippen LogP contribution is -2.29. The van der Waals surface area contributed by atoms with Crippen LogP contribution in [0.15, 0.2) is 36.9 Å². The van der Waals surface area contributed by atoms with E-state index in [1.165, 1.54) is 37.1 Å². The number of hydrogen-bond donors (Lipinski definition) is 2. The van der Waals surface area contributed by atoms with E-state index in [4.69, 9.17) is 0 Å². The molecule has 1 aliphatic rings. The van der Waals surface area contributed by atoms with Crippen molar-refractivity contribution in [3.63, 3.8) is 0 Å². The molecule has 21 heavy (non-hydrogen) atoms. The van der Waals surface area contributed by atoms with Crippen LogP contribution < -0.4 is 10.6 Å². The number of hydrogen-bond acceptors (Lipinski definition) is 4. The van der Waals surface area contributed by atoms with Crippen molar-refractivity contribution >= 4 is 5.69 Å². The van der Waals surface area contributed by atoms with Crippen molar-refractivity contribution in [2.24, 2.45) is 0 Å². The monoisotopic (exact) mass is 285 g/mol. The first-order valence-corrected chi connectivity index (χ1v) is 7.71.